The van der Waals surface area contributed by atoms with Gasteiger partial charge in [-0.05, 0) is 19.4 Å². The number of amides is 1. The lowest BCUT2D eigenvalue weighted by molar-refractivity contribution is 0.0957. The molecule has 0 bridgehead atoms. The first-order valence-electron chi connectivity index (χ1n) is 6.14. The van der Waals surface area contributed by atoms with Crippen LogP contribution in [0.3, 0.4) is 0 Å². The van der Waals surface area contributed by atoms with Crippen LogP contribution in [-0.2, 0) is 0 Å². The van der Waals surface area contributed by atoms with Crippen LogP contribution in [-0.4, -0.2) is 17.4 Å². The standard InChI is InChI=1S/C14H15ClN2OS/c1-3-8-16-13(18)12-9(2)17-14(19-12)10-6-4-5-7-11(10)15/h4-7H,3,8H2,1-2H3,(H,16,18). The van der Waals surface area contributed by atoms with Crippen molar-refractivity contribution in [3.63, 3.8) is 0 Å². The van der Waals surface area contributed by atoms with Crippen LogP contribution in [0.25, 0.3) is 10.6 Å². The second-order valence-corrected chi connectivity index (χ2v) is 5.58. The van der Waals surface area contributed by atoms with Crippen molar-refractivity contribution in [1.29, 1.82) is 0 Å². The fourth-order valence-corrected chi connectivity index (χ4v) is 2.98. The molecule has 19 heavy (non-hydrogen) atoms. The molecule has 1 aromatic heterocycles. The molecular weight excluding hydrogens is 280 g/mol. The quantitative estimate of drug-likeness (QED) is 0.929. The van der Waals surface area contributed by atoms with Gasteiger partial charge < -0.3 is 5.32 Å². The molecule has 0 radical (unpaired) electrons. The van der Waals surface area contributed by atoms with E-state index >= 15 is 0 Å². The van der Waals surface area contributed by atoms with Gasteiger partial charge in [0.1, 0.15) is 9.88 Å². The van der Waals surface area contributed by atoms with Crippen LogP contribution in [0.5, 0.6) is 0 Å². The van der Waals surface area contributed by atoms with Gasteiger partial charge in [0.25, 0.3) is 5.91 Å². The summed E-state index contributed by atoms with van der Waals surface area (Å²) >= 11 is 7.53. The summed E-state index contributed by atoms with van der Waals surface area (Å²) in [6, 6.07) is 7.52. The van der Waals surface area contributed by atoms with Gasteiger partial charge in [0, 0.05) is 12.1 Å². The molecule has 0 unspecified atom stereocenters. The number of hydrogen-bond acceptors (Lipinski definition) is 3. The van der Waals surface area contributed by atoms with Gasteiger partial charge in [-0.3, -0.25) is 4.79 Å². The third-order valence-electron chi connectivity index (χ3n) is 2.64. The molecule has 1 amide bonds. The van der Waals surface area contributed by atoms with Crippen molar-refractivity contribution in [3.05, 3.63) is 39.9 Å². The van der Waals surface area contributed by atoms with E-state index in [0.29, 0.717) is 16.4 Å². The maximum absolute atomic E-state index is 12.0. The summed E-state index contributed by atoms with van der Waals surface area (Å²) in [6.45, 7) is 4.55. The highest BCUT2D eigenvalue weighted by molar-refractivity contribution is 7.17. The molecule has 1 aromatic carbocycles. The number of thiazole rings is 1. The van der Waals surface area contributed by atoms with Gasteiger partial charge in [0.15, 0.2) is 0 Å². The first kappa shape index (κ1) is 14.0. The molecule has 1 heterocycles. The highest BCUT2D eigenvalue weighted by Gasteiger charge is 2.16. The highest BCUT2D eigenvalue weighted by Crippen LogP contribution is 2.32. The lowest BCUT2D eigenvalue weighted by Crippen LogP contribution is -2.23. The molecule has 0 spiro atoms. The van der Waals surface area contributed by atoms with Crippen molar-refractivity contribution in [1.82, 2.24) is 10.3 Å². The number of rotatable bonds is 4. The zero-order valence-corrected chi connectivity index (χ0v) is 12.4. The third-order valence-corrected chi connectivity index (χ3v) is 4.16. The van der Waals surface area contributed by atoms with Crippen molar-refractivity contribution >= 4 is 28.8 Å². The lowest BCUT2D eigenvalue weighted by Gasteiger charge is -2.00. The molecule has 0 aliphatic rings. The minimum absolute atomic E-state index is 0.0600. The Kier molecular flexibility index (Phi) is 4.56. The Labute approximate surface area is 121 Å². The molecule has 100 valence electrons. The molecule has 5 heteroatoms. The minimum Gasteiger partial charge on any atom is -0.351 e. The normalized spacial score (nSPS) is 10.5. The van der Waals surface area contributed by atoms with E-state index in [1.165, 1.54) is 11.3 Å². The molecule has 0 saturated heterocycles. The van der Waals surface area contributed by atoms with Crippen LogP contribution in [0.4, 0.5) is 0 Å². The average molecular weight is 295 g/mol. The predicted molar refractivity (Wildman–Crippen MR) is 79.9 cm³/mol. The van der Waals surface area contributed by atoms with Crippen molar-refractivity contribution in [2.75, 3.05) is 6.54 Å². The molecule has 0 atom stereocenters. The van der Waals surface area contributed by atoms with E-state index in [0.717, 1.165) is 22.7 Å². The number of carbonyl (C=O) groups is 1. The summed E-state index contributed by atoms with van der Waals surface area (Å²) in [5.74, 6) is -0.0600. The Hall–Kier alpha value is -1.39. The molecule has 1 N–H and O–H groups in total. The third kappa shape index (κ3) is 3.14. The van der Waals surface area contributed by atoms with Crippen molar-refractivity contribution in [2.24, 2.45) is 0 Å². The Morgan fingerprint density at radius 2 is 2.16 bits per heavy atom. The number of hydrogen-bond donors (Lipinski definition) is 1. The Balaban J connectivity index is 2.31. The predicted octanol–water partition coefficient (Wildman–Crippen LogP) is 3.91. The first-order valence-corrected chi connectivity index (χ1v) is 7.33. The monoisotopic (exact) mass is 294 g/mol. The molecule has 2 rings (SSSR count). The number of nitrogens with zero attached hydrogens (tertiary/aromatic N) is 1. The van der Waals surface area contributed by atoms with Gasteiger partial charge in [-0.25, -0.2) is 4.98 Å². The van der Waals surface area contributed by atoms with Crippen LogP contribution in [0.1, 0.15) is 28.7 Å². The number of carbonyl (C=O) groups excluding carboxylic acids is 1. The summed E-state index contributed by atoms with van der Waals surface area (Å²) < 4.78 is 0. The van der Waals surface area contributed by atoms with E-state index in [9.17, 15) is 4.79 Å². The number of aryl methyl sites for hydroxylation is 1. The van der Waals surface area contributed by atoms with E-state index in [4.69, 9.17) is 11.6 Å². The number of aromatic nitrogens is 1. The maximum Gasteiger partial charge on any atom is 0.263 e. The van der Waals surface area contributed by atoms with Gasteiger partial charge in [-0.15, -0.1) is 11.3 Å². The topological polar surface area (TPSA) is 42.0 Å². The van der Waals surface area contributed by atoms with Crippen molar-refractivity contribution < 1.29 is 4.79 Å². The van der Waals surface area contributed by atoms with Gasteiger partial charge in [-0.1, -0.05) is 36.7 Å². The van der Waals surface area contributed by atoms with E-state index in [1.54, 1.807) is 0 Å². The molecule has 0 aliphatic heterocycles. The fourth-order valence-electron chi connectivity index (χ4n) is 1.68. The first-order chi connectivity index (χ1) is 9.13. The second-order valence-electron chi connectivity index (χ2n) is 4.17. The maximum atomic E-state index is 12.0. The SMILES string of the molecule is CCCNC(=O)c1sc(-c2ccccc2Cl)nc1C. The van der Waals surface area contributed by atoms with E-state index in [-0.39, 0.29) is 5.91 Å². The number of halogens is 1. The number of benzene rings is 1. The second kappa shape index (κ2) is 6.17. The van der Waals surface area contributed by atoms with Crippen LogP contribution < -0.4 is 5.32 Å². The smallest absolute Gasteiger partial charge is 0.263 e. The van der Waals surface area contributed by atoms with E-state index in [2.05, 4.69) is 10.3 Å². The fraction of sp³-hybridized carbons (Fsp3) is 0.286. The van der Waals surface area contributed by atoms with Crippen molar-refractivity contribution in [2.45, 2.75) is 20.3 Å². The van der Waals surface area contributed by atoms with Crippen molar-refractivity contribution in [3.8, 4) is 10.6 Å². The Bertz CT molecular complexity index is 595. The highest BCUT2D eigenvalue weighted by atomic mass is 35.5. The lowest BCUT2D eigenvalue weighted by atomic mass is 10.2. The van der Waals surface area contributed by atoms with Crippen LogP contribution in [0.2, 0.25) is 5.02 Å². The van der Waals surface area contributed by atoms with Crippen LogP contribution in [0.15, 0.2) is 24.3 Å². The van der Waals surface area contributed by atoms with E-state index in [1.807, 2.05) is 38.1 Å². The zero-order chi connectivity index (χ0) is 13.8. The molecule has 3 nitrogen and oxygen atoms in total. The Morgan fingerprint density at radius 3 is 2.84 bits per heavy atom. The summed E-state index contributed by atoms with van der Waals surface area (Å²) in [7, 11) is 0. The van der Waals surface area contributed by atoms with Gasteiger partial charge in [-0.2, -0.15) is 0 Å². The summed E-state index contributed by atoms with van der Waals surface area (Å²) in [6.07, 6.45) is 0.918. The summed E-state index contributed by atoms with van der Waals surface area (Å²) in [4.78, 5) is 17.1. The largest absolute Gasteiger partial charge is 0.351 e. The molecule has 0 saturated carbocycles. The summed E-state index contributed by atoms with van der Waals surface area (Å²) in [5, 5.41) is 4.30. The minimum atomic E-state index is -0.0600. The molecule has 0 fully saturated rings. The molecule has 2 aromatic rings. The van der Waals surface area contributed by atoms with Gasteiger partial charge >= 0.3 is 0 Å². The average Bonchev–Trinajstić information content (AvgIpc) is 2.78. The molecular formula is C14H15ClN2OS. The van der Waals surface area contributed by atoms with E-state index < -0.39 is 0 Å². The Morgan fingerprint density at radius 1 is 1.42 bits per heavy atom. The zero-order valence-electron chi connectivity index (χ0n) is 10.9. The van der Waals surface area contributed by atoms with Gasteiger partial charge in [0.05, 0.1) is 10.7 Å². The van der Waals surface area contributed by atoms with Crippen LogP contribution in [0, 0.1) is 6.92 Å². The van der Waals surface area contributed by atoms with Crippen LogP contribution >= 0.6 is 22.9 Å². The number of nitrogens with one attached hydrogen (secondary N) is 1. The van der Waals surface area contributed by atoms with Gasteiger partial charge in [0.2, 0.25) is 0 Å². The molecule has 0 aliphatic carbocycles. The summed E-state index contributed by atoms with van der Waals surface area (Å²) in [5.41, 5.74) is 1.61.